The lowest BCUT2D eigenvalue weighted by Crippen LogP contribution is -2.36. The minimum atomic E-state index is -5.08. The summed E-state index contributed by atoms with van der Waals surface area (Å²) in [5, 5.41) is 13.0. The van der Waals surface area contributed by atoms with E-state index in [-0.39, 0.29) is 11.8 Å². The van der Waals surface area contributed by atoms with Gasteiger partial charge in [0.25, 0.3) is 11.8 Å². The Labute approximate surface area is 253 Å². The van der Waals surface area contributed by atoms with Crippen molar-refractivity contribution >= 4 is 35.3 Å². The molecular weight excluding hydrogens is 585 g/mol. The molecule has 2 aliphatic carbocycles. The first-order valence-electron chi connectivity index (χ1n) is 13.7. The van der Waals surface area contributed by atoms with Gasteiger partial charge in [-0.1, -0.05) is 12.1 Å². The van der Waals surface area contributed by atoms with E-state index >= 15 is 0 Å². The van der Waals surface area contributed by atoms with Crippen molar-refractivity contribution in [1.29, 1.82) is 0 Å². The molecule has 0 atom stereocenters. The number of amides is 3. The highest BCUT2D eigenvalue weighted by Crippen LogP contribution is 2.22. The van der Waals surface area contributed by atoms with Gasteiger partial charge in [0.2, 0.25) is 0 Å². The highest BCUT2D eigenvalue weighted by molar-refractivity contribution is 5.96. The number of alkyl halides is 3. The van der Waals surface area contributed by atoms with Crippen LogP contribution in [0, 0.1) is 13.8 Å². The van der Waals surface area contributed by atoms with Crippen molar-refractivity contribution in [2.75, 3.05) is 10.9 Å². The molecule has 8 N–H and O–H groups in total. The van der Waals surface area contributed by atoms with Crippen LogP contribution in [0.25, 0.3) is 0 Å². The van der Waals surface area contributed by atoms with Crippen LogP contribution in [0.15, 0.2) is 36.4 Å². The Morgan fingerprint density at radius 3 is 1.59 bits per heavy atom. The molecule has 0 spiro atoms. The van der Waals surface area contributed by atoms with Crippen LogP contribution in [0.5, 0.6) is 0 Å². The van der Waals surface area contributed by atoms with Crippen molar-refractivity contribution in [2.45, 2.75) is 84.2 Å². The fraction of sp³-hybridized carbons (Fsp3) is 0.448. The summed E-state index contributed by atoms with van der Waals surface area (Å²) in [6.45, 7) is 9.21. The van der Waals surface area contributed by atoms with Gasteiger partial charge in [0.1, 0.15) is 5.60 Å². The lowest BCUT2D eigenvalue weighted by atomic mass is 10.1. The number of nitrogen functional groups attached to an aromatic ring is 1. The molecule has 44 heavy (non-hydrogen) atoms. The number of carbonyl (C=O) groups excluding carboxylic acids is 3. The Kier molecular flexibility index (Phi) is 12.4. The number of anilines is 2. The van der Waals surface area contributed by atoms with E-state index in [0.717, 1.165) is 42.5 Å². The number of ether oxygens (including phenoxy) is 1. The summed E-state index contributed by atoms with van der Waals surface area (Å²) in [7, 11) is 0. The molecule has 0 bridgehead atoms. The number of carboxylic acids is 1. The Bertz CT molecular complexity index is 1340. The van der Waals surface area contributed by atoms with Gasteiger partial charge < -0.3 is 25.9 Å². The summed E-state index contributed by atoms with van der Waals surface area (Å²) in [4.78, 5) is 44.3. The van der Waals surface area contributed by atoms with Gasteiger partial charge in [0.15, 0.2) is 0 Å². The number of carboxylic acid groups (broad SMARTS) is 1. The fourth-order valence-electron chi connectivity index (χ4n) is 3.23. The van der Waals surface area contributed by atoms with E-state index in [0.29, 0.717) is 28.9 Å². The largest absolute Gasteiger partial charge is 0.490 e. The highest BCUT2D eigenvalue weighted by Gasteiger charge is 2.38. The molecule has 242 valence electrons. The van der Waals surface area contributed by atoms with Gasteiger partial charge in [-0.3, -0.25) is 20.9 Å². The summed E-state index contributed by atoms with van der Waals surface area (Å²) < 4.78 is 36.9. The van der Waals surface area contributed by atoms with Gasteiger partial charge in [-0.25, -0.2) is 15.0 Å². The van der Waals surface area contributed by atoms with Crippen molar-refractivity contribution in [1.82, 2.24) is 16.1 Å². The van der Waals surface area contributed by atoms with E-state index in [1.54, 1.807) is 39.0 Å². The number of benzene rings is 2. The van der Waals surface area contributed by atoms with Gasteiger partial charge in [-0.2, -0.15) is 13.2 Å². The van der Waals surface area contributed by atoms with Crippen LogP contribution in [0.3, 0.4) is 0 Å². The predicted octanol–water partition coefficient (Wildman–Crippen LogP) is 4.54. The molecule has 0 radical (unpaired) electrons. The molecule has 0 saturated heterocycles. The maximum absolute atomic E-state index is 12.0. The first-order valence-corrected chi connectivity index (χ1v) is 13.7. The highest BCUT2D eigenvalue weighted by atomic mass is 19.4. The van der Waals surface area contributed by atoms with Gasteiger partial charge in [-0.15, -0.1) is 0 Å². The molecule has 0 aliphatic heterocycles. The van der Waals surface area contributed by atoms with Crippen molar-refractivity contribution < 1.29 is 42.2 Å². The number of hydrazine groups is 2. The molecule has 2 aromatic carbocycles. The van der Waals surface area contributed by atoms with E-state index in [9.17, 15) is 27.6 Å². The molecule has 2 aliphatic rings. The molecule has 15 heteroatoms. The first kappa shape index (κ1) is 35.7. The van der Waals surface area contributed by atoms with Crippen molar-refractivity contribution in [3.8, 4) is 0 Å². The first-order chi connectivity index (χ1) is 20.4. The smallest absolute Gasteiger partial charge is 0.475 e. The van der Waals surface area contributed by atoms with Crippen LogP contribution in [0.1, 0.15) is 78.3 Å². The van der Waals surface area contributed by atoms with Gasteiger partial charge in [0, 0.05) is 23.2 Å². The summed E-state index contributed by atoms with van der Waals surface area (Å²) in [5.41, 5.74) is 11.9. The monoisotopic (exact) mass is 624 g/mol. The summed E-state index contributed by atoms with van der Waals surface area (Å²) in [5.74, 6) is 2.48. The predicted molar refractivity (Wildman–Crippen MR) is 158 cm³/mol. The Morgan fingerprint density at radius 2 is 1.23 bits per heavy atom. The number of nitrogens with one attached hydrogen (secondary N) is 5. The minimum Gasteiger partial charge on any atom is -0.475 e. The van der Waals surface area contributed by atoms with Crippen molar-refractivity contribution in [2.24, 2.45) is 5.84 Å². The molecule has 0 heterocycles. The third-order valence-corrected chi connectivity index (χ3v) is 5.92. The topological polar surface area (TPSA) is 184 Å². The maximum atomic E-state index is 12.0. The van der Waals surface area contributed by atoms with E-state index in [4.69, 9.17) is 20.5 Å². The number of hydrogen-bond donors (Lipinski definition) is 7. The molecule has 4 rings (SSSR count). The zero-order chi connectivity index (χ0) is 33.2. The number of nitrogens with two attached hydrogens (primary N) is 1. The number of aliphatic carboxylic acids is 1. The molecule has 2 aromatic rings. The molecule has 0 unspecified atom stereocenters. The maximum Gasteiger partial charge on any atom is 0.490 e. The quantitative estimate of drug-likeness (QED) is 0.172. The lowest BCUT2D eigenvalue weighted by molar-refractivity contribution is -0.192. The number of halogens is 3. The van der Waals surface area contributed by atoms with Gasteiger partial charge >= 0.3 is 18.2 Å². The van der Waals surface area contributed by atoms with E-state index in [1.165, 1.54) is 0 Å². The van der Waals surface area contributed by atoms with Crippen LogP contribution in [-0.4, -0.2) is 52.8 Å². The van der Waals surface area contributed by atoms with Crippen LogP contribution in [0.2, 0.25) is 0 Å². The van der Waals surface area contributed by atoms with Crippen LogP contribution >= 0.6 is 0 Å². The van der Waals surface area contributed by atoms with Crippen LogP contribution in [0.4, 0.5) is 29.3 Å². The Balaban J connectivity index is 0.000000264. The number of hydrogen-bond acceptors (Lipinski definition) is 8. The number of aryl methyl sites for hydroxylation is 2. The SMILES string of the molecule is Cc1ccc(C(=O)NC2CC2)cc1NN.Cc1ccc(C(=O)NC2CC2)cc1NNC(=O)OC(C)(C)C.O=C(O)C(F)(F)F. The normalized spacial score (nSPS) is 13.9. The second-order valence-corrected chi connectivity index (χ2v) is 11.3. The zero-order valence-electron chi connectivity index (χ0n) is 25.1. The van der Waals surface area contributed by atoms with Crippen molar-refractivity contribution in [3.63, 3.8) is 0 Å². The lowest BCUT2D eigenvalue weighted by Gasteiger charge is -2.20. The summed E-state index contributed by atoms with van der Waals surface area (Å²) >= 11 is 0. The molecule has 12 nitrogen and oxygen atoms in total. The standard InChI is InChI=1S/C16H23N3O3.C11H15N3O.C2HF3O2/c1-10-5-6-11(14(20)17-12-7-8-12)9-13(10)18-19-15(21)22-16(2,3)4;1-7-2-3-8(6-10(7)14-12)11(15)13-9-4-5-9;3-2(4,5)1(6)7/h5-6,9,12,18H,7-8H2,1-4H3,(H,17,20)(H,19,21);2-3,6,9,14H,4-5,12H2,1H3,(H,13,15);(H,6,7). The molecular formula is C29H39F3N6O6. The summed E-state index contributed by atoms with van der Waals surface area (Å²) in [6, 6.07) is 11.5. The molecule has 3 amide bonds. The number of rotatable bonds is 7. The van der Waals surface area contributed by atoms with Crippen LogP contribution in [-0.2, 0) is 9.53 Å². The Morgan fingerprint density at radius 1 is 0.818 bits per heavy atom. The third-order valence-electron chi connectivity index (χ3n) is 5.92. The number of carbonyl (C=O) groups is 4. The third kappa shape index (κ3) is 13.2. The van der Waals surface area contributed by atoms with Gasteiger partial charge in [0.05, 0.1) is 11.4 Å². The summed E-state index contributed by atoms with van der Waals surface area (Å²) in [6.07, 6.45) is -1.37. The second-order valence-electron chi connectivity index (χ2n) is 11.3. The van der Waals surface area contributed by atoms with Crippen molar-refractivity contribution in [3.05, 3.63) is 58.7 Å². The molecule has 2 saturated carbocycles. The minimum absolute atomic E-state index is 0.0194. The average molecular weight is 625 g/mol. The zero-order valence-corrected chi connectivity index (χ0v) is 25.1. The van der Waals surface area contributed by atoms with E-state index < -0.39 is 23.8 Å². The molecule has 0 aromatic heterocycles. The Hall–Kier alpha value is -4.53. The van der Waals surface area contributed by atoms with Gasteiger partial charge in [-0.05, 0) is 95.7 Å². The van der Waals surface area contributed by atoms with Crippen LogP contribution < -0.4 is 32.8 Å². The molecule has 2 fully saturated rings. The fourth-order valence-corrected chi connectivity index (χ4v) is 3.23. The second kappa shape index (κ2) is 15.3. The van der Waals surface area contributed by atoms with E-state index in [1.807, 2.05) is 32.0 Å². The average Bonchev–Trinajstić information content (AvgIpc) is 3.85. The van der Waals surface area contributed by atoms with E-state index in [2.05, 4.69) is 26.9 Å².